The Hall–Kier alpha value is -1.22. The maximum Gasteiger partial charge on any atom is 0.308 e. The predicted octanol–water partition coefficient (Wildman–Crippen LogP) is 0.974. The van der Waals surface area contributed by atoms with Crippen LogP contribution in [0.1, 0.15) is 46.5 Å². The minimum absolute atomic E-state index is 0.0168. The normalized spacial score (nSPS) is 13.5. The molecular formula is C17H34O8. The van der Waals surface area contributed by atoms with Crippen molar-refractivity contribution in [1.82, 2.24) is 0 Å². The Balaban J connectivity index is 0. The van der Waals surface area contributed by atoms with E-state index < -0.39 is 43.1 Å². The molecule has 0 fully saturated rings. The van der Waals surface area contributed by atoms with Gasteiger partial charge in [-0.05, 0) is 19.8 Å². The highest BCUT2D eigenvalue weighted by atomic mass is 16.5. The molecule has 0 saturated carbocycles. The van der Waals surface area contributed by atoms with Crippen LogP contribution >= 0.6 is 0 Å². The van der Waals surface area contributed by atoms with E-state index >= 15 is 0 Å². The summed E-state index contributed by atoms with van der Waals surface area (Å²) in [7, 11) is 0. The zero-order chi connectivity index (χ0) is 19.9. The first-order valence-corrected chi connectivity index (χ1v) is 8.59. The van der Waals surface area contributed by atoms with Crippen LogP contribution in [-0.4, -0.2) is 70.5 Å². The van der Waals surface area contributed by atoms with Crippen molar-refractivity contribution >= 4 is 11.9 Å². The molecule has 0 rings (SSSR count). The maximum atomic E-state index is 10.4. The first-order valence-electron chi connectivity index (χ1n) is 8.59. The molecule has 0 heterocycles. The molecule has 2 atom stereocenters. The second-order valence-electron chi connectivity index (χ2n) is 6.31. The monoisotopic (exact) mass is 366 g/mol. The van der Waals surface area contributed by atoms with E-state index in [0.717, 1.165) is 25.7 Å². The first kappa shape index (κ1) is 26.0. The van der Waals surface area contributed by atoms with Gasteiger partial charge in [-0.2, -0.15) is 0 Å². The van der Waals surface area contributed by atoms with Crippen molar-refractivity contribution in [2.45, 2.75) is 46.5 Å². The van der Waals surface area contributed by atoms with Gasteiger partial charge < -0.3 is 30.3 Å². The molecule has 0 aliphatic carbocycles. The largest absolute Gasteiger partial charge is 0.481 e. The van der Waals surface area contributed by atoms with Gasteiger partial charge in [0.25, 0.3) is 0 Å². The minimum atomic E-state index is -1.10. The summed E-state index contributed by atoms with van der Waals surface area (Å²) >= 11 is 0. The molecule has 0 radical (unpaired) electrons. The van der Waals surface area contributed by atoms with Crippen molar-refractivity contribution in [1.29, 1.82) is 0 Å². The van der Waals surface area contributed by atoms with Crippen LogP contribution in [0.3, 0.4) is 0 Å². The van der Waals surface area contributed by atoms with Crippen LogP contribution in [0.5, 0.6) is 0 Å². The Morgan fingerprint density at radius 1 is 1.00 bits per heavy atom. The van der Waals surface area contributed by atoms with E-state index in [2.05, 4.69) is 6.92 Å². The quantitative estimate of drug-likeness (QED) is 0.324. The van der Waals surface area contributed by atoms with Gasteiger partial charge in [0.1, 0.15) is 0 Å². The topological polar surface area (TPSA) is 145 Å². The van der Waals surface area contributed by atoms with Gasteiger partial charge in [0.05, 0.1) is 50.3 Å². The van der Waals surface area contributed by atoms with E-state index in [-0.39, 0.29) is 19.1 Å². The van der Waals surface area contributed by atoms with Crippen molar-refractivity contribution < 1.29 is 39.9 Å². The molecule has 0 aromatic rings. The average molecular weight is 366 g/mol. The number of hydrogen-bond acceptors (Lipinski definition) is 6. The Kier molecular flexibility index (Phi) is 15.7. The summed E-state index contributed by atoms with van der Waals surface area (Å²) in [6, 6.07) is 0. The van der Waals surface area contributed by atoms with Gasteiger partial charge in [-0.25, -0.2) is 0 Å². The number of unbranched alkanes of at least 4 members (excludes halogenated alkanes) is 1. The Morgan fingerprint density at radius 3 is 1.84 bits per heavy atom. The van der Waals surface area contributed by atoms with E-state index in [1.807, 2.05) is 6.92 Å². The number of rotatable bonds is 13. The number of carboxylic acids is 2. The zero-order valence-corrected chi connectivity index (χ0v) is 15.5. The van der Waals surface area contributed by atoms with Crippen LogP contribution in [-0.2, 0) is 14.3 Å². The number of aliphatic carboxylic acids is 2. The smallest absolute Gasteiger partial charge is 0.308 e. The molecular weight excluding hydrogens is 332 g/mol. The summed E-state index contributed by atoms with van der Waals surface area (Å²) in [5.41, 5.74) is -1.10. The second-order valence-corrected chi connectivity index (χ2v) is 6.31. The highest BCUT2D eigenvalue weighted by Gasteiger charge is 2.29. The minimum Gasteiger partial charge on any atom is -0.481 e. The Labute approximate surface area is 149 Å². The molecule has 0 amide bonds. The summed E-state index contributed by atoms with van der Waals surface area (Å²) in [4.78, 5) is 20.9. The summed E-state index contributed by atoms with van der Waals surface area (Å²) < 4.78 is 5.03. The van der Waals surface area contributed by atoms with Crippen LogP contribution in [0.25, 0.3) is 0 Å². The standard InChI is InChI=1S/C9H18O6.C8H16O2/c1-7(8(13)14)2-15-6-9(3-10,4-11)5-12;1-3-5-6-7(4-2)8(9)10/h7,10-12H,2-6H2,1H3,(H,13,14);7H,3-6H2,1-2H3,(H,9,10). The third kappa shape index (κ3) is 11.9. The van der Waals surface area contributed by atoms with Crippen molar-refractivity contribution in [2.75, 3.05) is 33.0 Å². The lowest BCUT2D eigenvalue weighted by molar-refractivity contribution is -0.144. The van der Waals surface area contributed by atoms with Crippen molar-refractivity contribution in [3.8, 4) is 0 Å². The number of aliphatic hydroxyl groups is 3. The van der Waals surface area contributed by atoms with Crippen LogP contribution in [0.2, 0.25) is 0 Å². The van der Waals surface area contributed by atoms with Gasteiger partial charge in [-0.15, -0.1) is 0 Å². The molecule has 0 aliphatic heterocycles. The third-order valence-corrected chi connectivity index (χ3v) is 3.95. The molecule has 0 bridgehead atoms. The van der Waals surface area contributed by atoms with Gasteiger partial charge in [-0.1, -0.05) is 26.7 Å². The molecule has 0 aliphatic rings. The van der Waals surface area contributed by atoms with Crippen molar-refractivity contribution in [3.63, 3.8) is 0 Å². The lowest BCUT2D eigenvalue weighted by Gasteiger charge is -2.27. The fraction of sp³-hybridized carbons (Fsp3) is 0.882. The number of ether oxygens (including phenoxy) is 1. The van der Waals surface area contributed by atoms with Gasteiger partial charge in [0.15, 0.2) is 0 Å². The van der Waals surface area contributed by atoms with E-state index in [9.17, 15) is 9.59 Å². The van der Waals surface area contributed by atoms with E-state index in [1.54, 1.807) is 0 Å². The third-order valence-electron chi connectivity index (χ3n) is 3.95. The van der Waals surface area contributed by atoms with E-state index in [1.165, 1.54) is 6.92 Å². The van der Waals surface area contributed by atoms with Crippen molar-refractivity contribution in [2.24, 2.45) is 17.3 Å². The Morgan fingerprint density at radius 2 is 1.52 bits per heavy atom. The summed E-state index contributed by atoms with van der Waals surface area (Å²) in [6.45, 7) is 4.15. The zero-order valence-electron chi connectivity index (χ0n) is 15.5. The Bertz CT molecular complexity index is 346. The van der Waals surface area contributed by atoms with Crippen LogP contribution in [0.4, 0.5) is 0 Å². The van der Waals surface area contributed by atoms with E-state index in [0.29, 0.717) is 0 Å². The fourth-order valence-corrected chi connectivity index (χ4v) is 1.76. The maximum absolute atomic E-state index is 10.4. The number of hydrogen-bond donors (Lipinski definition) is 5. The molecule has 0 saturated heterocycles. The highest BCUT2D eigenvalue weighted by molar-refractivity contribution is 5.70. The lowest BCUT2D eigenvalue weighted by Crippen LogP contribution is -2.39. The van der Waals surface area contributed by atoms with E-state index in [4.69, 9.17) is 30.3 Å². The second kappa shape index (κ2) is 15.1. The molecule has 150 valence electrons. The molecule has 5 N–H and O–H groups in total. The summed E-state index contributed by atoms with van der Waals surface area (Å²) in [5, 5.41) is 44.0. The van der Waals surface area contributed by atoms with Crippen LogP contribution < -0.4 is 0 Å². The molecule has 8 heteroatoms. The highest BCUT2D eigenvalue weighted by Crippen LogP contribution is 2.15. The molecule has 8 nitrogen and oxygen atoms in total. The van der Waals surface area contributed by atoms with Gasteiger partial charge in [-0.3, -0.25) is 9.59 Å². The van der Waals surface area contributed by atoms with Crippen LogP contribution in [0.15, 0.2) is 0 Å². The number of carboxylic acid groups (broad SMARTS) is 2. The first-order chi connectivity index (χ1) is 11.7. The number of carbonyl (C=O) groups is 2. The average Bonchev–Trinajstić information content (AvgIpc) is 2.60. The van der Waals surface area contributed by atoms with Crippen molar-refractivity contribution in [3.05, 3.63) is 0 Å². The predicted molar refractivity (Wildman–Crippen MR) is 92.3 cm³/mol. The molecule has 0 aromatic carbocycles. The number of aliphatic hydroxyl groups excluding tert-OH is 3. The van der Waals surface area contributed by atoms with Gasteiger partial charge in [0, 0.05) is 0 Å². The summed E-state index contributed by atoms with van der Waals surface area (Å²) in [5.74, 6) is -2.38. The van der Waals surface area contributed by atoms with Gasteiger partial charge >= 0.3 is 11.9 Å². The van der Waals surface area contributed by atoms with Gasteiger partial charge in [0.2, 0.25) is 0 Å². The SMILES string of the molecule is CC(COCC(CO)(CO)CO)C(=O)O.CCCCC(CC)C(=O)O. The molecule has 0 aromatic heterocycles. The van der Waals surface area contributed by atoms with Crippen LogP contribution in [0, 0.1) is 17.3 Å². The molecule has 2 unspecified atom stereocenters. The fourth-order valence-electron chi connectivity index (χ4n) is 1.76. The summed E-state index contributed by atoms with van der Waals surface area (Å²) in [6.07, 6.45) is 3.71. The molecule has 0 spiro atoms. The molecule has 25 heavy (non-hydrogen) atoms. The lowest BCUT2D eigenvalue weighted by atomic mass is 9.92.